The van der Waals surface area contributed by atoms with Crippen LogP contribution in [-0.2, 0) is 11.2 Å². The molecule has 3 aromatic rings. The molecule has 3 aromatic carbocycles. The number of hydrogen-bond donors (Lipinski definition) is 2. The van der Waals surface area contributed by atoms with Gasteiger partial charge in [0.25, 0.3) is 5.69 Å². The molecule has 0 bridgehead atoms. The molecule has 1 saturated heterocycles. The molecule has 166 valence electrons. The second-order valence-corrected chi connectivity index (χ2v) is 8.54. The summed E-state index contributed by atoms with van der Waals surface area (Å²) in [6, 6.07) is 22.1. The molecule has 7 nitrogen and oxygen atoms in total. The van der Waals surface area contributed by atoms with Gasteiger partial charge in [-0.25, -0.2) is 0 Å². The lowest BCUT2D eigenvalue weighted by molar-refractivity contribution is -0.384. The average molecular weight is 441 g/mol. The highest BCUT2D eigenvalue weighted by molar-refractivity contribution is 6.24. The number of nitro groups is 1. The Balaban J connectivity index is 1.53. The van der Waals surface area contributed by atoms with Crippen LogP contribution in [0.5, 0.6) is 0 Å². The van der Waals surface area contributed by atoms with Crippen LogP contribution in [0.15, 0.2) is 77.8 Å². The van der Waals surface area contributed by atoms with Crippen molar-refractivity contribution in [3.63, 3.8) is 0 Å². The van der Waals surface area contributed by atoms with E-state index in [2.05, 4.69) is 22.8 Å². The van der Waals surface area contributed by atoms with E-state index in [1.165, 1.54) is 24.1 Å². The van der Waals surface area contributed by atoms with Gasteiger partial charge in [0.2, 0.25) is 5.91 Å². The Morgan fingerprint density at radius 1 is 1.06 bits per heavy atom. The molecular formula is C26H24N4O3. The lowest BCUT2D eigenvalue weighted by Crippen LogP contribution is -2.22. The van der Waals surface area contributed by atoms with Crippen molar-refractivity contribution in [1.82, 2.24) is 5.32 Å². The van der Waals surface area contributed by atoms with Gasteiger partial charge in [-0.2, -0.15) is 0 Å². The molecule has 7 heteroatoms. The van der Waals surface area contributed by atoms with Gasteiger partial charge in [-0.3, -0.25) is 19.9 Å². The third-order valence-electron chi connectivity index (χ3n) is 6.29. The maximum Gasteiger partial charge on any atom is 0.269 e. The number of nitro benzene ring substituents is 1. The molecule has 1 amide bonds. The zero-order valence-electron chi connectivity index (χ0n) is 18.0. The lowest BCUT2D eigenvalue weighted by atomic mass is 9.90. The number of anilines is 1. The fraction of sp³-hybridized carbons (Fsp3) is 0.231. The van der Waals surface area contributed by atoms with Crippen LogP contribution in [0.1, 0.15) is 29.0 Å². The van der Waals surface area contributed by atoms with E-state index in [-0.39, 0.29) is 11.6 Å². The monoisotopic (exact) mass is 440 g/mol. The number of benzene rings is 3. The van der Waals surface area contributed by atoms with Crippen LogP contribution in [-0.4, -0.2) is 29.6 Å². The number of nitrogens with zero attached hydrogens (tertiary/aromatic N) is 2. The highest BCUT2D eigenvalue weighted by Crippen LogP contribution is 2.38. The SMILES string of the molecule is O=C1Nc2ccc([N+](=O)[O-])cc2C1C(=Nc1ccc(CC2CCNC2)cc1)c1ccccc1. The Morgan fingerprint density at radius 2 is 1.85 bits per heavy atom. The molecule has 5 rings (SSSR count). The normalized spacial score (nSPS) is 19.9. The smallest absolute Gasteiger partial charge is 0.269 e. The zero-order valence-corrected chi connectivity index (χ0v) is 18.0. The topological polar surface area (TPSA) is 96.6 Å². The van der Waals surface area contributed by atoms with E-state index < -0.39 is 10.8 Å². The first-order valence-corrected chi connectivity index (χ1v) is 11.1. The molecule has 2 aliphatic rings. The first kappa shape index (κ1) is 21.0. The van der Waals surface area contributed by atoms with E-state index in [9.17, 15) is 14.9 Å². The summed E-state index contributed by atoms with van der Waals surface area (Å²) in [5, 5.41) is 17.6. The maximum atomic E-state index is 13.0. The number of carbonyl (C=O) groups is 1. The fourth-order valence-electron chi connectivity index (χ4n) is 4.61. The number of nitrogens with one attached hydrogen (secondary N) is 2. The number of rotatable bonds is 6. The van der Waals surface area contributed by atoms with Gasteiger partial charge >= 0.3 is 0 Å². The molecule has 0 radical (unpaired) electrons. The first-order chi connectivity index (χ1) is 16.1. The van der Waals surface area contributed by atoms with Crippen molar-refractivity contribution in [1.29, 1.82) is 0 Å². The Bertz CT molecular complexity index is 1220. The van der Waals surface area contributed by atoms with Crippen molar-refractivity contribution in [2.24, 2.45) is 10.9 Å². The number of aliphatic imine (C=N–C) groups is 1. The van der Waals surface area contributed by atoms with E-state index in [0.29, 0.717) is 22.9 Å². The van der Waals surface area contributed by atoms with Crippen molar-refractivity contribution in [3.05, 3.63) is 99.6 Å². The summed E-state index contributed by atoms with van der Waals surface area (Å²) in [5.41, 5.74) is 4.49. The number of carbonyl (C=O) groups excluding carboxylic acids is 1. The Morgan fingerprint density at radius 3 is 2.55 bits per heavy atom. The summed E-state index contributed by atoms with van der Waals surface area (Å²) < 4.78 is 0. The van der Waals surface area contributed by atoms with Gasteiger partial charge in [-0.1, -0.05) is 42.5 Å². The predicted molar refractivity (Wildman–Crippen MR) is 128 cm³/mol. The third kappa shape index (κ3) is 4.40. The molecule has 0 aromatic heterocycles. The zero-order chi connectivity index (χ0) is 22.8. The van der Waals surface area contributed by atoms with Gasteiger partial charge in [-0.05, 0) is 61.2 Å². The van der Waals surface area contributed by atoms with Crippen molar-refractivity contribution >= 4 is 28.7 Å². The summed E-state index contributed by atoms with van der Waals surface area (Å²) >= 11 is 0. The van der Waals surface area contributed by atoms with Crippen LogP contribution < -0.4 is 10.6 Å². The Hall–Kier alpha value is -3.84. The minimum absolute atomic E-state index is 0.0478. The van der Waals surface area contributed by atoms with Gasteiger partial charge in [0, 0.05) is 23.4 Å². The molecular weight excluding hydrogens is 416 g/mol. The van der Waals surface area contributed by atoms with E-state index in [0.717, 1.165) is 30.8 Å². The number of amides is 1. The van der Waals surface area contributed by atoms with Gasteiger partial charge < -0.3 is 10.6 Å². The Kier molecular flexibility index (Phi) is 5.71. The summed E-state index contributed by atoms with van der Waals surface area (Å²) in [7, 11) is 0. The molecule has 33 heavy (non-hydrogen) atoms. The highest BCUT2D eigenvalue weighted by atomic mass is 16.6. The van der Waals surface area contributed by atoms with E-state index in [1.54, 1.807) is 6.07 Å². The van der Waals surface area contributed by atoms with Gasteiger partial charge in [0.15, 0.2) is 0 Å². The van der Waals surface area contributed by atoms with Crippen molar-refractivity contribution in [2.45, 2.75) is 18.8 Å². The summed E-state index contributed by atoms with van der Waals surface area (Å²) in [5.74, 6) is -0.307. The molecule has 2 N–H and O–H groups in total. The van der Waals surface area contributed by atoms with Gasteiger partial charge in [0.05, 0.1) is 16.3 Å². The van der Waals surface area contributed by atoms with Crippen molar-refractivity contribution in [2.75, 3.05) is 18.4 Å². The molecule has 0 saturated carbocycles. The number of non-ortho nitro benzene ring substituents is 1. The van der Waals surface area contributed by atoms with Crippen molar-refractivity contribution in [3.8, 4) is 0 Å². The van der Waals surface area contributed by atoms with Crippen molar-refractivity contribution < 1.29 is 9.72 Å². The third-order valence-corrected chi connectivity index (χ3v) is 6.29. The molecule has 2 heterocycles. The first-order valence-electron chi connectivity index (χ1n) is 11.1. The minimum atomic E-state index is -0.730. The Labute approximate surface area is 191 Å². The standard InChI is InChI=1S/C26H24N4O3/c31-26-24(22-15-21(30(32)33)10-11-23(22)29-26)25(19-4-2-1-3-5-19)28-20-8-6-17(7-9-20)14-18-12-13-27-16-18/h1-11,15,18,24,27H,12-14,16H2,(H,29,31). The minimum Gasteiger partial charge on any atom is -0.325 e. The van der Waals surface area contributed by atoms with E-state index in [4.69, 9.17) is 4.99 Å². The average Bonchev–Trinajstić information content (AvgIpc) is 3.45. The van der Waals surface area contributed by atoms with Gasteiger partial charge in [0.1, 0.15) is 5.92 Å². The van der Waals surface area contributed by atoms with Crippen LogP contribution in [0.3, 0.4) is 0 Å². The largest absolute Gasteiger partial charge is 0.325 e. The highest BCUT2D eigenvalue weighted by Gasteiger charge is 2.36. The summed E-state index contributed by atoms with van der Waals surface area (Å²) in [6.45, 7) is 2.14. The summed E-state index contributed by atoms with van der Waals surface area (Å²) in [4.78, 5) is 28.8. The van der Waals surface area contributed by atoms with Gasteiger partial charge in [-0.15, -0.1) is 0 Å². The molecule has 0 spiro atoms. The van der Waals surface area contributed by atoms with Crippen LogP contribution >= 0.6 is 0 Å². The van der Waals surface area contributed by atoms with E-state index >= 15 is 0 Å². The molecule has 0 aliphatic carbocycles. The fourth-order valence-corrected chi connectivity index (χ4v) is 4.61. The molecule has 1 fully saturated rings. The second kappa shape index (κ2) is 8.96. The predicted octanol–water partition coefficient (Wildman–Crippen LogP) is 4.60. The summed E-state index contributed by atoms with van der Waals surface area (Å²) in [6.07, 6.45) is 2.23. The van der Waals surface area contributed by atoms with Crippen LogP contribution in [0.25, 0.3) is 0 Å². The molecule has 2 atom stereocenters. The van der Waals surface area contributed by atoms with Crippen LogP contribution in [0.4, 0.5) is 17.1 Å². The quantitative estimate of drug-likeness (QED) is 0.332. The number of hydrogen-bond acceptors (Lipinski definition) is 5. The number of fused-ring (bicyclic) bond motifs is 1. The second-order valence-electron chi connectivity index (χ2n) is 8.54. The van der Waals surface area contributed by atoms with Crippen LogP contribution in [0.2, 0.25) is 0 Å². The lowest BCUT2D eigenvalue weighted by Gasteiger charge is -2.14. The maximum absolute atomic E-state index is 13.0. The van der Waals surface area contributed by atoms with Crippen LogP contribution in [0, 0.1) is 16.0 Å². The molecule has 2 unspecified atom stereocenters. The molecule has 2 aliphatic heterocycles. The van der Waals surface area contributed by atoms with E-state index in [1.807, 2.05) is 42.5 Å².